The monoisotopic (exact) mass is 320 g/mol. The molecule has 102 valence electrons. The second kappa shape index (κ2) is 5.03. The highest BCUT2D eigenvalue weighted by atomic mass is 35.5. The molecule has 0 atom stereocenters. The molecule has 19 heavy (non-hydrogen) atoms. The summed E-state index contributed by atoms with van der Waals surface area (Å²) in [7, 11) is -2.44. The Morgan fingerprint density at radius 1 is 1.26 bits per heavy atom. The lowest BCUT2D eigenvalue weighted by Crippen LogP contribution is -2.14. The molecule has 0 radical (unpaired) electrons. The number of hydrogen-bond acceptors (Lipinski definition) is 4. The Labute approximate surface area is 120 Å². The molecule has 0 bridgehead atoms. The maximum atomic E-state index is 12.3. The smallest absolute Gasteiger partial charge is 0.284 e. The van der Waals surface area contributed by atoms with Crippen LogP contribution in [0.4, 0.5) is 0 Å². The number of rotatable bonds is 3. The van der Waals surface area contributed by atoms with Gasteiger partial charge in [-0.05, 0) is 19.1 Å². The molecule has 0 saturated heterocycles. The minimum atomic E-state index is -3.86. The summed E-state index contributed by atoms with van der Waals surface area (Å²) in [6.45, 7) is 1.69. The average Bonchev–Trinajstić information content (AvgIpc) is 2.79. The zero-order valence-corrected chi connectivity index (χ0v) is 12.4. The first-order chi connectivity index (χ1) is 8.86. The number of hydrogen-bond donors (Lipinski definition) is 0. The van der Waals surface area contributed by atoms with E-state index in [0.717, 1.165) is 4.09 Å². The van der Waals surface area contributed by atoms with Crippen molar-refractivity contribution in [2.45, 2.75) is 11.8 Å². The van der Waals surface area contributed by atoms with Crippen molar-refractivity contribution >= 4 is 33.2 Å². The maximum Gasteiger partial charge on any atom is 0.284 e. The van der Waals surface area contributed by atoms with Crippen molar-refractivity contribution in [2.24, 2.45) is 0 Å². The van der Waals surface area contributed by atoms with Crippen LogP contribution in [0.5, 0.6) is 5.75 Å². The summed E-state index contributed by atoms with van der Waals surface area (Å²) >= 11 is 11.9. The van der Waals surface area contributed by atoms with Crippen LogP contribution in [0.3, 0.4) is 0 Å². The number of aryl methyl sites for hydroxylation is 1. The standard InChI is InChI=1S/C11H10Cl2N2O3S/c1-7-3-4-15(14-7)19(16,17)11-6-8(12)10(18-2)5-9(11)13/h3-6H,1-2H3. The fourth-order valence-corrected chi connectivity index (χ4v) is 3.48. The van der Waals surface area contributed by atoms with Crippen molar-refractivity contribution < 1.29 is 13.2 Å². The van der Waals surface area contributed by atoms with Crippen molar-refractivity contribution in [3.05, 3.63) is 40.1 Å². The molecule has 0 aliphatic carbocycles. The molecule has 0 N–H and O–H groups in total. The van der Waals surface area contributed by atoms with Crippen LogP contribution < -0.4 is 4.74 Å². The van der Waals surface area contributed by atoms with Crippen LogP contribution in [0.15, 0.2) is 29.3 Å². The zero-order valence-electron chi connectivity index (χ0n) is 10.1. The van der Waals surface area contributed by atoms with Crippen LogP contribution in [-0.2, 0) is 10.0 Å². The van der Waals surface area contributed by atoms with Gasteiger partial charge in [0, 0.05) is 12.3 Å². The Morgan fingerprint density at radius 2 is 1.95 bits per heavy atom. The van der Waals surface area contributed by atoms with Crippen molar-refractivity contribution in [3.63, 3.8) is 0 Å². The Balaban J connectivity index is 2.62. The number of methoxy groups -OCH3 is 1. The van der Waals surface area contributed by atoms with Crippen molar-refractivity contribution in [1.82, 2.24) is 9.19 Å². The molecule has 0 fully saturated rings. The molecule has 0 unspecified atom stereocenters. The first-order valence-electron chi connectivity index (χ1n) is 5.17. The van der Waals surface area contributed by atoms with Gasteiger partial charge >= 0.3 is 0 Å². The molecule has 1 heterocycles. The number of nitrogens with zero attached hydrogens (tertiary/aromatic N) is 2. The largest absolute Gasteiger partial charge is 0.495 e. The number of halogens is 2. The van der Waals surface area contributed by atoms with Crippen LogP contribution in [0.1, 0.15) is 5.69 Å². The Morgan fingerprint density at radius 3 is 2.47 bits per heavy atom. The average molecular weight is 321 g/mol. The molecule has 2 aromatic rings. The fraction of sp³-hybridized carbons (Fsp3) is 0.182. The van der Waals surface area contributed by atoms with Gasteiger partial charge in [-0.2, -0.15) is 17.6 Å². The minimum absolute atomic E-state index is 0.0226. The van der Waals surface area contributed by atoms with Gasteiger partial charge in [-0.25, -0.2) is 0 Å². The second-order valence-corrected chi connectivity index (χ2v) is 6.33. The van der Waals surface area contributed by atoms with Gasteiger partial charge in [0.25, 0.3) is 10.0 Å². The summed E-state index contributed by atoms with van der Waals surface area (Å²) in [6.07, 6.45) is 1.35. The molecule has 1 aromatic carbocycles. The van der Waals surface area contributed by atoms with Crippen LogP contribution in [0.25, 0.3) is 0 Å². The van der Waals surface area contributed by atoms with Crippen LogP contribution in [0.2, 0.25) is 10.0 Å². The summed E-state index contributed by atoms with van der Waals surface area (Å²) in [5.74, 6) is 0.308. The summed E-state index contributed by atoms with van der Waals surface area (Å²) in [4.78, 5) is -0.122. The Kier molecular flexibility index (Phi) is 3.75. The molecule has 0 saturated carbocycles. The van der Waals surface area contributed by atoms with E-state index in [1.54, 1.807) is 13.0 Å². The molecule has 0 aliphatic rings. The minimum Gasteiger partial charge on any atom is -0.495 e. The predicted octanol–water partition coefficient (Wildman–Crippen LogP) is 2.74. The van der Waals surface area contributed by atoms with E-state index in [4.69, 9.17) is 27.9 Å². The predicted molar refractivity (Wildman–Crippen MR) is 72.6 cm³/mol. The lowest BCUT2D eigenvalue weighted by molar-refractivity contribution is 0.414. The van der Waals surface area contributed by atoms with E-state index in [-0.39, 0.29) is 14.9 Å². The number of benzene rings is 1. The highest BCUT2D eigenvalue weighted by molar-refractivity contribution is 7.90. The highest BCUT2D eigenvalue weighted by Gasteiger charge is 2.23. The lowest BCUT2D eigenvalue weighted by Gasteiger charge is -2.09. The van der Waals surface area contributed by atoms with E-state index in [0.29, 0.717) is 11.4 Å². The van der Waals surface area contributed by atoms with E-state index >= 15 is 0 Å². The first kappa shape index (κ1) is 14.2. The van der Waals surface area contributed by atoms with E-state index < -0.39 is 10.0 Å². The third kappa shape index (κ3) is 2.56. The third-order valence-corrected chi connectivity index (χ3v) is 4.74. The molecular formula is C11H10Cl2N2O3S. The van der Waals surface area contributed by atoms with E-state index in [2.05, 4.69) is 5.10 Å². The topological polar surface area (TPSA) is 61.2 Å². The van der Waals surface area contributed by atoms with Crippen molar-refractivity contribution in [2.75, 3.05) is 7.11 Å². The van der Waals surface area contributed by atoms with Gasteiger partial charge in [0.2, 0.25) is 0 Å². The van der Waals surface area contributed by atoms with Gasteiger partial charge in [0.05, 0.1) is 22.8 Å². The first-order valence-corrected chi connectivity index (χ1v) is 7.36. The molecule has 0 aliphatic heterocycles. The van der Waals surface area contributed by atoms with E-state index in [1.807, 2.05) is 0 Å². The van der Waals surface area contributed by atoms with Crippen molar-refractivity contribution in [3.8, 4) is 5.75 Å². The quantitative estimate of drug-likeness (QED) is 0.872. The molecule has 8 heteroatoms. The van der Waals surface area contributed by atoms with Gasteiger partial charge in [-0.15, -0.1) is 0 Å². The van der Waals surface area contributed by atoms with Gasteiger partial charge in [0.1, 0.15) is 10.6 Å². The maximum absolute atomic E-state index is 12.3. The summed E-state index contributed by atoms with van der Waals surface area (Å²) in [5.41, 5.74) is 0.583. The van der Waals surface area contributed by atoms with Gasteiger partial charge in [-0.3, -0.25) is 0 Å². The Hall–Kier alpha value is -1.24. The zero-order chi connectivity index (χ0) is 14.2. The summed E-state index contributed by atoms with van der Waals surface area (Å²) < 4.78 is 30.5. The van der Waals surface area contributed by atoms with Crippen LogP contribution in [0, 0.1) is 6.92 Å². The molecule has 0 spiro atoms. The lowest BCUT2D eigenvalue weighted by atomic mass is 10.3. The number of aromatic nitrogens is 2. The van der Waals surface area contributed by atoms with Gasteiger partial charge < -0.3 is 4.74 Å². The Bertz CT molecular complexity index is 726. The molecule has 5 nitrogen and oxygen atoms in total. The normalized spacial score (nSPS) is 11.6. The van der Waals surface area contributed by atoms with Gasteiger partial charge in [-0.1, -0.05) is 23.2 Å². The molecule has 0 amide bonds. The molecule has 1 aromatic heterocycles. The van der Waals surface area contributed by atoms with Gasteiger partial charge in [0.15, 0.2) is 0 Å². The number of ether oxygens (including phenoxy) is 1. The SMILES string of the molecule is COc1cc(Cl)c(S(=O)(=O)n2ccc(C)n2)cc1Cl. The van der Waals surface area contributed by atoms with Crippen LogP contribution >= 0.6 is 23.2 Å². The summed E-state index contributed by atoms with van der Waals surface area (Å²) in [6, 6.07) is 4.18. The second-order valence-electron chi connectivity index (χ2n) is 3.75. The highest BCUT2D eigenvalue weighted by Crippen LogP contribution is 2.34. The van der Waals surface area contributed by atoms with Crippen molar-refractivity contribution in [1.29, 1.82) is 0 Å². The van der Waals surface area contributed by atoms with E-state index in [1.165, 1.54) is 25.4 Å². The van der Waals surface area contributed by atoms with Crippen LogP contribution in [-0.4, -0.2) is 24.7 Å². The third-order valence-electron chi connectivity index (χ3n) is 2.43. The van der Waals surface area contributed by atoms with E-state index in [9.17, 15) is 8.42 Å². The molecular weight excluding hydrogens is 311 g/mol. The fourth-order valence-electron chi connectivity index (χ4n) is 1.49. The summed E-state index contributed by atoms with van der Waals surface area (Å²) in [5, 5.41) is 4.05. The molecule has 2 rings (SSSR count).